The molecule has 0 aliphatic carbocycles. The van der Waals surface area contributed by atoms with Gasteiger partial charge in [0.05, 0.1) is 12.8 Å². The standard InChI is InChI=1S/C13H13N5O3/c1-21-12-5-4-10(3-2-6-19)7-11(12)15-13(20)8-18-9-14-16-17-18/h4-5,7,9,19H,6,8H2,1H3,(H,15,20). The number of carbonyl (C=O) groups is 1. The van der Waals surface area contributed by atoms with E-state index in [4.69, 9.17) is 9.84 Å². The third-order valence-corrected chi connectivity index (χ3v) is 2.48. The molecular weight excluding hydrogens is 274 g/mol. The summed E-state index contributed by atoms with van der Waals surface area (Å²) in [4.78, 5) is 11.9. The Labute approximate surface area is 120 Å². The molecule has 2 rings (SSSR count). The van der Waals surface area contributed by atoms with E-state index in [0.29, 0.717) is 17.0 Å². The first kappa shape index (κ1) is 14.5. The highest BCUT2D eigenvalue weighted by Crippen LogP contribution is 2.25. The van der Waals surface area contributed by atoms with Crippen LogP contribution in [0.5, 0.6) is 5.75 Å². The third-order valence-electron chi connectivity index (χ3n) is 2.48. The number of nitrogens with zero attached hydrogens (tertiary/aromatic N) is 4. The molecule has 0 aliphatic heterocycles. The van der Waals surface area contributed by atoms with E-state index in [1.165, 1.54) is 18.1 Å². The minimum Gasteiger partial charge on any atom is -0.495 e. The largest absolute Gasteiger partial charge is 0.495 e. The van der Waals surface area contributed by atoms with Crippen LogP contribution in [-0.4, -0.2) is 44.9 Å². The number of amides is 1. The number of benzene rings is 1. The Balaban J connectivity index is 2.14. The topological polar surface area (TPSA) is 102 Å². The van der Waals surface area contributed by atoms with Crippen molar-refractivity contribution in [3.8, 4) is 17.6 Å². The van der Waals surface area contributed by atoms with Gasteiger partial charge in [-0.1, -0.05) is 11.8 Å². The molecule has 2 N–H and O–H groups in total. The molecule has 0 bridgehead atoms. The Kier molecular flexibility index (Phi) is 4.84. The molecule has 0 saturated carbocycles. The van der Waals surface area contributed by atoms with Crippen molar-refractivity contribution in [2.75, 3.05) is 19.0 Å². The van der Waals surface area contributed by atoms with Gasteiger partial charge in [0, 0.05) is 5.56 Å². The van der Waals surface area contributed by atoms with Crippen LogP contribution in [0, 0.1) is 11.8 Å². The second kappa shape index (κ2) is 7.02. The molecule has 2 aromatic rings. The molecule has 8 nitrogen and oxygen atoms in total. The van der Waals surface area contributed by atoms with E-state index in [1.54, 1.807) is 18.2 Å². The van der Waals surface area contributed by atoms with Crippen molar-refractivity contribution in [1.29, 1.82) is 0 Å². The van der Waals surface area contributed by atoms with Crippen LogP contribution >= 0.6 is 0 Å². The molecule has 21 heavy (non-hydrogen) atoms. The lowest BCUT2D eigenvalue weighted by Crippen LogP contribution is -2.19. The minimum atomic E-state index is -0.298. The number of hydrogen-bond donors (Lipinski definition) is 2. The van der Waals surface area contributed by atoms with Gasteiger partial charge in [-0.05, 0) is 28.6 Å². The molecule has 0 aliphatic rings. The van der Waals surface area contributed by atoms with Crippen molar-refractivity contribution >= 4 is 11.6 Å². The molecule has 0 unspecified atom stereocenters. The molecule has 0 saturated heterocycles. The number of ether oxygens (including phenoxy) is 1. The molecule has 1 aromatic heterocycles. The van der Waals surface area contributed by atoms with Gasteiger partial charge in [-0.25, -0.2) is 4.68 Å². The smallest absolute Gasteiger partial charge is 0.246 e. The zero-order valence-corrected chi connectivity index (χ0v) is 11.3. The highest BCUT2D eigenvalue weighted by Gasteiger charge is 2.09. The summed E-state index contributed by atoms with van der Waals surface area (Å²) in [7, 11) is 1.51. The van der Waals surface area contributed by atoms with E-state index in [9.17, 15) is 4.79 Å². The molecule has 0 radical (unpaired) electrons. The van der Waals surface area contributed by atoms with Gasteiger partial charge >= 0.3 is 0 Å². The first-order valence-electron chi connectivity index (χ1n) is 6.01. The number of aliphatic hydroxyl groups is 1. The molecule has 0 atom stereocenters. The Bertz CT molecular complexity index is 673. The molecule has 1 aromatic carbocycles. The number of methoxy groups -OCH3 is 1. The van der Waals surface area contributed by atoms with E-state index in [-0.39, 0.29) is 19.1 Å². The van der Waals surface area contributed by atoms with Crippen LogP contribution < -0.4 is 10.1 Å². The summed E-state index contributed by atoms with van der Waals surface area (Å²) in [6.07, 6.45) is 1.35. The average molecular weight is 287 g/mol. The summed E-state index contributed by atoms with van der Waals surface area (Å²) >= 11 is 0. The van der Waals surface area contributed by atoms with Crippen LogP contribution in [0.4, 0.5) is 5.69 Å². The fourth-order valence-corrected chi connectivity index (χ4v) is 1.61. The monoisotopic (exact) mass is 287 g/mol. The van der Waals surface area contributed by atoms with Crippen LogP contribution in [0.15, 0.2) is 24.5 Å². The van der Waals surface area contributed by atoms with Crippen molar-refractivity contribution in [3.63, 3.8) is 0 Å². The van der Waals surface area contributed by atoms with E-state index < -0.39 is 0 Å². The quantitative estimate of drug-likeness (QED) is 0.746. The van der Waals surface area contributed by atoms with E-state index >= 15 is 0 Å². The lowest BCUT2D eigenvalue weighted by molar-refractivity contribution is -0.116. The number of rotatable bonds is 4. The van der Waals surface area contributed by atoms with Crippen LogP contribution in [0.2, 0.25) is 0 Å². The second-order valence-corrected chi connectivity index (χ2v) is 3.93. The van der Waals surface area contributed by atoms with Crippen LogP contribution in [0.3, 0.4) is 0 Å². The SMILES string of the molecule is COc1ccc(C#CCO)cc1NC(=O)Cn1cnnn1. The molecule has 1 amide bonds. The van der Waals surface area contributed by atoms with Crippen molar-refractivity contribution in [2.45, 2.75) is 6.54 Å². The maximum Gasteiger partial charge on any atom is 0.246 e. The molecule has 8 heteroatoms. The van der Waals surface area contributed by atoms with Gasteiger partial charge in [0.15, 0.2) is 0 Å². The zero-order valence-electron chi connectivity index (χ0n) is 11.3. The number of anilines is 1. The van der Waals surface area contributed by atoms with Gasteiger partial charge in [0.25, 0.3) is 0 Å². The Morgan fingerprint density at radius 3 is 3.05 bits per heavy atom. The van der Waals surface area contributed by atoms with E-state index in [1.807, 2.05) is 0 Å². The Hall–Kier alpha value is -2.92. The molecule has 1 heterocycles. The van der Waals surface area contributed by atoms with Crippen LogP contribution in [0.25, 0.3) is 0 Å². The number of carbonyl (C=O) groups excluding carboxylic acids is 1. The minimum absolute atomic E-state index is 0.0112. The lowest BCUT2D eigenvalue weighted by Gasteiger charge is -2.10. The fraction of sp³-hybridized carbons (Fsp3) is 0.231. The first-order chi connectivity index (χ1) is 10.2. The Morgan fingerprint density at radius 2 is 2.38 bits per heavy atom. The van der Waals surface area contributed by atoms with E-state index in [0.717, 1.165) is 0 Å². The highest BCUT2D eigenvalue weighted by atomic mass is 16.5. The number of hydrogen-bond acceptors (Lipinski definition) is 6. The number of aliphatic hydroxyl groups excluding tert-OH is 1. The van der Waals surface area contributed by atoms with Crippen molar-refractivity contribution in [3.05, 3.63) is 30.1 Å². The molecule has 0 spiro atoms. The zero-order chi connectivity index (χ0) is 15.1. The van der Waals surface area contributed by atoms with Crippen molar-refractivity contribution < 1.29 is 14.6 Å². The predicted molar refractivity (Wildman–Crippen MR) is 73.4 cm³/mol. The van der Waals surface area contributed by atoms with E-state index in [2.05, 4.69) is 32.7 Å². The summed E-state index contributed by atoms with van der Waals surface area (Å²) in [6.45, 7) is -0.240. The lowest BCUT2D eigenvalue weighted by atomic mass is 10.2. The number of nitrogens with one attached hydrogen (secondary N) is 1. The summed E-state index contributed by atoms with van der Waals surface area (Å²) < 4.78 is 6.48. The normalized spacial score (nSPS) is 9.62. The van der Waals surface area contributed by atoms with Gasteiger partial charge in [-0.2, -0.15) is 0 Å². The van der Waals surface area contributed by atoms with Gasteiger partial charge in [-0.15, -0.1) is 5.10 Å². The van der Waals surface area contributed by atoms with Gasteiger partial charge in [0.1, 0.15) is 25.2 Å². The third kappa shape index (κ3) is 4.02. The van der Waals surface area contributed by atoms with Crippen molar-refractivity contribution in [1.82, 2.24) is 20.2 Å². The molecule has 108 valence electrons. The fourth-order valence-electron chi connectivity index (χ4n) is 1.61. The first-order valence-corrected chi connectivity index (χ1v) is 6.01. The predicted octanol–water partition coefficient (Wildman–Crippen LogP) is -0.336. The van der Waals surface area contributed by atoms with Crippen LogP contribution in [0.1, 0.15) is 5.56 Å². The summed E-state index contributed by atoms with van der Waals surface area (Å²) in [5, 5.41) is 21.9. The summed E-state index contributed by atoms with van der Waals surface area (Å²) in [5.74, 6) is 5.51. The van der Waals surface area contributed by atoms with Crippen molar-refractivity contribution in [2.24, 2.45) is 0 Å². The maximum atomic E-state index is 11.9. The molecule has 0 fully saturated rings. The Morgan fingerprint density at radius 1 is 1.52 bits per heavy atom. The molecular formula is C13H13N5O3. The van der Waals surface area contributed by atoms with Crippen LogP contribution in [-0.2, 0) is 11.3 Å². The average Bonchev–Trinajstić information content (AvgIpc) is 2.98. The van der Waals surface area contributed by atoms with Gasteiger partial charge in [0.2, 0.25) is 5.91 Å². The van der Waals surface area contributed by atoms with Gasteiger partial charge in [-0.3, -0.25) is 4.79 Å². The summed E-state index contributed by atoms with van der Waals surface area (Å²) in [6, 6.07) is 5.09. The second-order valence-electron chi connectivity index (χ2n) is 3.93. The number of aromatic nitrogens is 4. The summed E-state index contributed by atoms with van der Waals surface area (Å²) in [5.41, 5.74) is 1.14. The maximum absolute atomic E-state index is 11.9. The highest BCUT2D eigenvalue weighted by molar-refractivity contribution is 5.92. The number of tetrazole rings is 1. The van der Waals surface area contributed by atoms with Gasteiger partial charge < -0.3 is 15.2 Å².